The summed E-state index contributed by atoms with van der Waals surface area (Å²) in [7, 11) is 1.72. The van der Waals surface area contributed by atoms with E-state index in [1.165, 1.54) is 10.4 Å². The third-order valence-electron chi connectivity index (χ3n) is 2.05. The molecule has 1 aromatic heterocycles. The van der Waals surface area contributed by atoms with Gasteiger partial charge in [-0.3, -0.25) is 0 Å². The standard InChI is InChI=1S/C10H17NOS/c1-8-4-7-13-10(8)9(2)11-5-6-12-3/h4,7,9,11H,5-6H2,1-3H3/t9-/m0/s1. The number of nitrogens with one attached hydrogen (secondary N) is 1. The molecule has 2 nitrogen and oxygen atoms in total. The second-order valence-electron chi connectivity index (χ2n) is 3.14. The van der Waals surface area contributed by atoms with Crippen LogP contribution < -0.4 is 5.32 Å². The van der Waals surface area contributed by atoms with Crippen LogP contribution in [0.4, 0.5) is 0 Å². The first-order valence-electron chi connectivity index (χ1n) is 4.52. The Hall–Kier alpha value is -0.380. The van der Waals surface area contributed by atoms with Gasteiger partial charge in [0.25, 0.3) is 0 Å². The normalized spacial score (nSPS) is 13.2. The van der Waals surface area contributed by atoms with Crippen LogP contribution in [-0.2, 0) is 4.74 Å². The molecule has 0 radical (unpaired) electrons. The molecule has 1 N–H and O–H groups in total. The largest absolute Gasteiger partial charge is 0.383 e. The fourth-order valence-electron chi connectivity index (χ4n) is 1.30. The van der Waals surface area contributed by atoms with Crippen molar-refractivity contribution in [1.82, 2.24) is 5.32 Å². The second-order valence-corrected chi connectivity index (χ2v) is 4.08. The number of methoxy groups -OCH3 is 1. The van der Waals surface area contributed by atoms with E-state index in [1.54, 1.807) is 7.11 Å². The van der Waals surface area contributed by atoms with Crippen molar-refractivity contribution in [2.75, 3.05) is 20.3 Å². The van der Waals surface area contributed by atoms with Gasteiger partial charge in [-0.2, -0.15) is 0 Å². The van der Waals surface area contributed by atoms with Crippen LogP contribution in [0.2, 0.25) is 0 Å². The van der Waals surface area contributed by atoms with Crippen LogP contribution in [0, 0.1) is 6.92 Å². The summed E-state index contributed by atoms with van der Waals surface area (Å²) in [6, 6.07) is 2.60. The molecule has 0 aromatic carbocycles. The first kappa shape index (κ1) is 10.7. The third-order valence-corrected chi connectivity index (χ3v) is 3.25. The van der Waals surface area contributed by atoms with Gasteiger partial charge in [-0.05, 0) is 30.9 Å². The Labute approximate surface area is 83.9 Å². The minimum atomic E-state index is 0.440. The van der Waals surface area contributed by atoms with E-state index < -0.39 is 0 Å². The van der Waals surface area contributed by atoms with Gasteiger partial charge in [0.15, 0.2) is 0 Å². The van der Waals surface area contributed by atoms with Crippen LogP contribution >= 0.6 is 11.3 Å². The molecule has 1 rings (SSSR count). The van der Waals surface area contributed by atoms with Crippen LogP contribution in [0.3, 0.4) is 0 Å². The SMILES string of the molecule is COCCN[C@@H](C)c1sccc1C. The summed E-state index contributed by atoms with van der Waals surface area (Å²) in [6.07, 6.45) is 0. The van der Waals surface area contributed by atoms with Crippen molar-refractivity contribution in [1.29, 1.82) is 0 Å². The Bertz CT molecular complexity index is 247. The van der Waals surface area contributed by atoms with Crippen LogP contribution in [0.5, 0.6) is 0 Å². The monoisotopic (exact) mass is 199 g/mol. The summed E-state index contributed by atoms with van der Waals surface area (Å²) in [5.74, 6) is 0. The lowest BCUT2D eigenvalue weighted by molar-refractivity contribution is 0.196. The Balaban J connectivity index is 2.39. The van der Waals surface area contributed by atoms with Crippen molar-refractivity contribution < 1.29 is 4.74 Å². The summed E-state index contributed by atoms with van der Waals surface area (Å²) < 4.78 is 4.98. The highest BCUT2D eigenvalue weighted by Gasteiger charge is 2.07. The molecule has 0 amide bonds. The van der Waals surface area contributed by atoms with Crippen molar-refractivity contribution in [2.45, 2.75) is 19.9 Å². The molecule has 0 spiro atoms. The molecular weight excluding hydrogens is 182 g/mol. The highest BCUT2D eigenvalue weighted by molar-refractivity contribution is 7.10. The van der Waals surface area contributed by atoms with Crippen LogP contribution in [0.1, 0.15) is 23.4 Å². The highest BCUT2D eigenvalue weighted by Crippen LogP contribution is 2.22. The molecule has 0 aliphatic carbocycles. The van der Waals surface area contributed by atoms with Gasteiger partial charge in [0.05, 0.1) is 6.61 Å². The average molecular weight is 199 g/mol. The van der Waals surface area contributed by atoms with Gasteiger partial charge in [0.2, 0.25) is 0 Å². The summed E-state index contributed by atoms with van der Waals surface area (Å²) in [4.78, 5) is 1.43. The second kappa shape index (κ2) is 5.37. The minimum absolute atomic E-state index is 0.440. The van der Waals surface area contributed by atoms with E-state index in [0.29, 0.717) is 6.04 Å². The summed E-state index contributed by atoms with van der Waals surface area (Å²) in [5, 5.41) is 5.55. The van der Waals surface area contributed by atoms with Crippen LogP contribution in [0.25, 0.3) is 0 Å². The first-order chi connectivity index (χ1) is 6.25. The molecule has 1 heterocycles. The summed E-state index contributed by atoms with van der Waals surface area (Å²) >= 11 is 1.81. The molecule has 0 saturated heterocycles. The Morgan fingerprint density at radius 2 is 2.38 bits per heavy atom. The maximum Gasteiger partial charge on any atom is 0.0587 e. The highest BCUT2D eigenvalue weighted by atomic mass is 32.1. The van der Waals surface area contributed by atoms with Gasteiger partial charge in [0.1, 0.15) is 0 Å². The lowest BCUT2D eigenvalue weighted by Gasteiger charge is -2.12. The maximum absolute atomic E-state index is 4.98. The molecule has 0 aliphatic heterocycles. The number of ether oxygens (including phenoxy) is 1. The molecule has 0 bridgehead atoms. The van der Waals surface area contributed by atoms with E-state index in [2.05, 4.69) is 30.6 Å². The molecular formula is C10H17NOS. The number of aryl methyl sites for hydroxylation is 1. The smallest absolute Gasteiger partial charge is 0.0587 e. The van der Waals surface area contributed by atoms with Crippen LogP contribution in [0.15, 0.2) is 11.4 Å². The van der Waals surface area contributed by atoms with E-state index in [9.17, 15) is 0 Å². The van der Waals surface area contributed by atoms with E-state index in [4.69, 9.17) is 4.74 Å². The maximum atomic E-state index is 4.98. The molecule has 0 fully saturated rings. The zero-order valence-corrected chi connectivity index (χ0v) is 9.28. The summed E-state index contributed by atoms with van der Waals surface area (Å²) in [6.45, 7) is 6.03. The lowest BCUT2D eigenvalue weighted by atomic mass is 10.2. The predicted octanol–water partition coefficient (Wildman–Crippen LogP) is 2.35. The van der Waals surface area contributed by atoms with Gasteiger partial charge in [-0.1, -0.05) is 0 Å². The predicted molar refractivity (Wildman–Crippen MR) is 57.3 cm³/mol. The summed E-state index contributed by atoms with van der Waals surface area (Å²) in [5.41, 5.74) is 1.38. The number of thiophene rings is 1. The zero-order valence-electron chi connectivity index (χ0n) is 8.46. The van der Waals surface area contributed by atoms with E-state index >= 15 is 0 Å². The molecule has 74 valence electrons. The van der Waals surface area contributed by atoms with Crippen molar-refractivity contribution >= 4 is 11.3 Å². The number of hydrogen-bond donors (Lipinski definition) is 1. The number of hydrogen-bond acceptors (Lipinski definition) is 3. The topological polar surface area (TPSA) is 21.3 Å². The third kappa shape index (κ3) is 3.10. The minimum Gasteiger partial charge on any atom is -0.383 e. The molecule has 0 saturated carbocycles. The van der Waals surface area contributed by atoms with E-state index in [-0.39, 0.29) is 0 Å². The molecule has 0 unspecified atom stereocenters. The Morgan fingerprint density at radius 1 is 1.62 bits per heavy atom. The fourth-order valence-corrected chi connectivity index (χ4v) is 2.26. The van der Waals surface area contributed by atoms with Crippen LogP contribution in [-0.4, -0.2) is 20.3 Å². The molecule has 0 aliphatic rings. The Morgan fingerprint density at radius 3 is 2.92 bits per heavy atom. The van der Waals surface area contributed by atoms with Gasteiger partial charge in [-0.25, -0.2) is 0 Å². The average Bonchev–Trinajstić information content (AvgIpc) is 2.52. The van der Waals surface area contributed by atoms with Gasteiger partial charge < -0.3 is 10.1 Å². The van der Waals surface area contributed by atoms with Crippen molar-refractivity contribution in [2.24, 2.45) is 0 Å². The van der Waals surface area contributed by atoms with Crippen molar-refractivity contribution in [3.8, 4) is 0 Å². The molecule has 1 atom stereocenters. The quantitative estimate of drug-likeness (QED) is 0.735. The van der Waals surface area contributed by atoms with E-state index in [1.807, 2.05) is 11.3 Å². The molecule has 1 aromatic rings. The fraction of sp³-hybridized carbons (Fsp3) is 0.600. The molecule has 13 heavy (non-hydrogen) atoms. The zero-order chi connectivity index (χ0) is 9.68. The van der Waals surface area contributed by atoms with Gasteiger partial charge >= 0.3 is 0 Å². The first-order valence-corrected chi connectivity index (χ1v) is 5.40. The van der Waals surface area contributed by atoms with Crippen molar-refractivity contribution in [3.05, 3.63) is 21.9 Å². The van der Waals surface area contributed by atoms with E-state index in [0.717, 1.165) is 13.2 Å². The Kier molecular flexibility index (Phi) is 4.42. The van der Waals surface area contributed by atoms with Gasteiger partial charge in [-0.15, -0.1) is 11.3 Å². The lowest BCUT2D eigenvalue weighted by Crippen LogP contribution is -2.22. The number of rotatable bonds is 5. The van der Waals surface area contributed by atoms with Gasteiger partial charge in [0, 0.05) is 24.6 Å². The molecule has 3 heteroatoms. The van der Waals surface area contributed by atoms with Crippen molar-refractivity contribution in [3.63, 3.8) is 0 Å².